The highest BCUT2D eigenvalue weighted by Crippen LogP contribution is 2.28. The molecule has 2 N–H and O–H groups in total. The Balaban J connectivity index is 2.30. The Kier molecular flexibility index (Phi) is 4.57. The molecule has 2 aromatic rings. The minimum Gasteiger partial charge on any atom is -0.497 e. The van der Waals surface area contributed by atoms with Crippen LogP contribution < -0.4 is 10.5 Å². The Bertz CT molecular complexity index is 596. The molecule has 2 nitrogen and oxygen atoms in total. The van der Waals surface area contributed by atoms with Gasteiger partial charge in [0, 0.05) is 28.8 Å². The summed E-state index contributed by atoms with van der Waals surface area (Å²) in [5, 5.41) is 0.525. The van der Waals surface area contributed by atoms with E-state index in [-0.39, 0.29) is 17.7 Å². The molecule has 0 spiro atoms. The van der Waals surface area contributed by atoms with E-state index in [4.69, 9.17) is 22.1 Å². The second kappa shape index (κ2) is 6.20. The first-order chi connectivity index (χ1) is 9.52. The lowest BCUT2D eigenvalue weighted by atomic mass is 9.98. The van der Waals surface area contributed by atoms with Crippen molar-refractivity contribution >= 4 is 11.6 Å². The molecule has 1 atom stereocenters. The molecule has 0 aliphatic rings. The van der Waals surface area contributed by atoms with Gasteiger partial charge < -0.3 is 10.5 Å². The molecule has 0 fully saturated rings. The van der Waals surface area contributed by atoms with Crippen LogP contribution in [0, 0.1) is 11.6 Å². The largest absolute Gasteiger partial charge is 0.497 e. The lowest BCUT2D eigenvalue weighted by Crippen LogP contribution is -2.17. The second-order valence-electron chi connectivity index (χ2n) is 4.41. The maximum atomic E-state index is 13.9. The molecule has 0 saturated heterocycles. The summed E-state index contributed by atoms with van der Waals surface area (Å²) in [6.07, 6.45) is 0.250. The molecule has 0 radical (unpaired) electrons. The highest BCUT2D eigenvalue weighted by molar-refractivity contribution is 6.31. The third kappa shape index (κ3) is 3.08. The zero-order valence-electron chi connectivity index (χ0n) is 10.9. The van der Waals surface area contributed by atoms with Gasteiger partial charge in [0.2, 0.25) is 0 Å². The van der Waals surface area contributed by atoms with Crippen molar-refractivity contribution in [2.24, 2.45) is 5.73 Å². The summed E-state index contributed by atoms with van der Waals surface area (Å²) in [4.78, 5) is 0. The van der Waals surface area contributed by atoms with E-state index in [0.29, 0.717) is 5.02 Å². The van der Waals surface area contributed by atoms with Crippen molar-refractivity contribution in [2.45, 2.75) is 12.5 Å². The summed E-state index contributed by atoms with van der Waals surface area (Å²) < 4.78 is 32.6. The van der Waals surface area contributed by atoms with Crippen LogP contribution in [0.1, 0.15) is 17.2 Å². The van der Waals surface area contributed by atoms with Crippen molar-refractivity contribution in [2.75, 3.05) is 7.11 Å². The highest BCUT2D eigenvalue weighted by Gasteiger charge is 2.19. The molecule has 2 aromatic carbocycles. The van der Waals surface area contributed by atoms with Gasteiger partial charge >= 0.3 is 0 Å². The fourth-order valence-electron chi connectivity index (χ4n) is 2.04. The Morgan fingerprint density at radius 2 is 1.80 bits per heavy atom. The molecule has 0 aliphatic carbocycles. The van der Waals surface area contributed by atoms with E-state index in [0.717, 1.165) is 17.7 Å². The first-order valence-electron chi connectivity index (χ1n) is 6.05. The van der Waals surface area contributed by atoms with E-state index in [2.05, 4.69) is 0 Å². The number of hydrogen-bond acceptors (Lipinski definition) is 2. The molecule has 1 unspecified atom stereocenters. The van der Waals surface area contributed by atoms with Crippen LogP contribution in [0.4, 0.5) is 8.78 Å². The quantitative estimate of drug-likeness (QED) is 0.930. The maximum Gasteiger partial charge on any atom is 0.134 e. The van der Waals surface area contributed by atoms with Crippen molar-refractivity contribution in [3.63, 3.8) is 0 Å². The topological polar surface area (TPSA) is 35.2 Å². The normalized spacial score (nSPS) is 12.2. The molecule has 0 heterocycles. The summed E-state index contributed by atoms with van der Waals surface area (Å²) >= 11 is 6.02. The minimum atomic E-state index is -0.819. The highest BCUT2D eigenvalue weighted by atomic mass is 35.5. The van der Waals surface area contributed by atoms with Crippen molar-refractivity contribution in [3.8, 4) is 5.75 Å². The van der Waals surface area contributed by atoms with E-state index >= 15 is 0 Å². The summed E-state index contributed by atoms with van der Waals surface area (Å²) in [5.74, 6) is -1.32. The summed E-state index contributed by atoms with van der Waals surface area (Å²) in [7, 11) is 1.34. The van der Waals surface area contributed by atoms with Gasteiger partial charge in [-0.2, -0.15) is 0 Å². The minimum absolute atomic E-state index is 0.119. The molecule has 20 heavy (non-hydrogen) atoms. The van der Waals surface area contributed by atoms with Gasteiger partial charge in [-0.15, -0.1) is 0 Å². The SMILES string of the molecule is COc1cc(F)c(C(N)Cc2ccccc2Cl)c(F)c1. The van der Waals surface area contributed by atoms with E-state index in [1.165, 1.54) is 7.11 Å². The van der Waals surface area contributed by atoms with Crippen molar-refractivity contribution < 1.29 is 13.5 Å². The Morgan fingerprint density at radius 1 is 1.20 bits per heavy atom. The van der Waals surface area contributed by atoms with Crippen LogP contribution in [0.3, 0.4) is 0 Å². The van der Waals surface area contributed by atoms with Gasteiger partial charge in [0.1, 0.15) is 17.4 Å². The molecule has 106 valence electrons. The average molecular weight is 298 g/mol. The Morgan fingerprint density at radius 3 is 2.35 bits per heavy atom. The second-order valence-corrected chi connectivity index (χ2v) is 4.81. The Hall–Kier alpha value is -1.65. The molecule has 0 aromatic heterocycles. The van der Waals surface area contributed by atoms with Gasteiger partial charge in [0.25, 0.3) is 0 Å². The van der Waals surface area contributed by atoms with Gasteiger partial charge in [-0.1, -0.05) is 29.8 Å². The monoisotopic (exact) mass is 297 g/mol. The van der Waals surface area contributed by atoms with E-state index in [9.17, 15) is 8.78 Å². The van der Waals surface area contributed by atoms with E-state index in [1.807, 2.05) is 0 Å². The number of ether oxygens (including phenoxy) is 1. The van der Waals surface area contributed by atoms with E-state index < -0.39 is 17.7 Å². The first kappa shape index (κ1) is 14.8. The lowest BCUT2D eigenvalue weighted by Gasteiger charge is -2.15. The number of rotatable bonds is 4. The van der Waals surface area contributed by atoms with Gasteiger partial charge in [0.15, 0.2) is 0 Å². The van der Waals surface area contributed by atoms with Gasteiger partial charge in [-0.05, 0) is 18.1 Å². The molecule has 0 saturated carbocycles. The van der Waals surface area contributed by atoms with Gasteiger partial charge in [-0.3, -0.25) is 0 Å². The average Bonchev–Trinajstić information content (AvgIpc) is 2.40. The number of nitrogens with two attached hydrogens (primary N) is 1. The maximum absolute atomic E-state index is 13.9. The predicted molar refractivity (Wildman–Crippen MR) is 75.0 cm³/mol. The van der Waals surface area contributed by atoms with Gasteiger partial charge in [0.05, 0.1) is 7.11 Å². The molecule has 0 amide bonds. The predicted octanol–water partition coefficient (Wildman–Crippen LogP) is 3.87. The van der Waals surface area contributed by atoms with Crippen LogP contribution in [0.25, 0.3) is 0 Å². The van der Waals surface area contributed by atoms with Crippen LogP contribution in [0.2, 0.25) is 5.02 Å². The molecule has 0 bridgehead atoms. The fraction of sp³-hybridized carbons (Fsp3) is 0.200. The zero-order valence-corrected chi connectivity index (χ0v) is 11.6. The number of hydrogen-bond donors (Lipinski definition) is 1. The molecule has 0 aliphatic heterocycles. The number of benzene rings is 2. The molecular formula is C15H14ClF2NO. The van der Waals surface area contributed by atoms with Crippen LogP contribution in [-0.4, -0.2) is 7.11 Å². The summed E-state index contributed by atoms with van der Waals surface area (Å²) in [6.45, 7) is 0. The van der Waals surface area contributed by atoms with E-state index in [1.54, 1.807) is 24.3 Å². The standard InChI is InChI=1S/C15H14ClF2NO/c1-20-10-7-12(17)15(13(18)8-10)14(19)6-9-4-2-3-5-11(9)16/h2-5,7-8,14H,6,19H2,1H3. The van der Waals surface area contributed by atoms with Crippen LogP contribution in [0.15, 0.2) is 36.4 Å². The number of halogens is 3. The van der Waals surface area contributed by atoms with Gasteiger partial charge in [-0.25, -0.2) is 8.78 Å². The third-order valence-electron chi connectivity index (χ3n) is 3.06. The smallest absolute Gasteiger partial charge is 0.134 e. The Labute approximate surface area is 121 Å². The lowest BCUT2D eigenvalue weighted by molar-refractivity contribution is 0.403. The first-order valence-corrected chi connectivity index (χ1v) is 6.42. The fourth-order valence-corrected chi connectivity index (χ4v) is 2.25. The number of methoxy groups -OCH3 is 1. The van der Waals surface area contributed by atoms with Crippen molar-refractivity contribution in [3.05, 3.63) is 64.2 Å². The summed E-state index contributed by atoms with van der Waals surface area (Å²) in [5.41, 5.74) is 6.49. The van der Waals surface area contributed by atoms with Crippen molar-refractivity contribution in [1.29, 1.82) is 0 Å². The summed E-state index contributed by atoms with van der Waals surface area (Å²) in [6, 6.07) is 8.49. The molecule has 2 rings (SSSR count). The molecule has 5 heteroatoms. The van der Waals surface area contributed by atoms with Crippen LogP contribution in [-0.2, 0) is 6.42 Å². The third-order valence-corrected chi connectivity index (χ3v) is 3.43. The molecular weight excluding hydrogens is 284 g/mol. The van der Waals surface area contributed by atoms with Crippen molar-refractivity contribution in [1.82, 2.24) is 0 Å². The zero-order chi connectivity index (χ0) is 14.7. The van der Waals surface area contributed by atoms with Crippen LogP contribution >= 0.6 is 11.6 Å². The van der Waals surface area contributed by atoms with Crippen LogP contribution in [0.5, 0.6) is 5.75 Å².